The number of benzene rings is 1. The second kappa shape index (κ2) is 4.32. The van der Waals surface area contributed by atoms with E-state index in [1.165, 1.54) is 5.56 Å². The molecule has 2 N–H and O–H groups in total. The maximum Gasteiger partial charge on any atom is 0.0503 e. The second-order valence-electron chi connectivity index (χ2n) is 3.43. The lowest BCUT2D eigenvalue weighted by atomic mass is 10.1. The van der Waals surface area contributed by atoms with E-state index in [0.29, 0.717) is 5.69 Å². The monoisotopic (exact) mass is 218 g/mol. The average Bonchev–Trinajstić information content (AvgIpc) is 2.22. The molecule has 0 saturated carbocycles. The Morgan fingerprint density at radius 2 is 1.80 bits per heavy atom. The van der Waals surface area contributed by atoms with Crippen LogP contribution in [0.1, 0.15) is 11.1 Å². The van der Waals surface area contributed by atoms with Gasteiger partial charge in [-0.2, -0.15) is 0 Å². The molecule has 1 aromatic heterocycles. The zero-order valence-corrected chi connectivity index (χ0v) is 8.91. The summed E-state index contributed by atoms with van der Waals surface area (Å²) in [6, 6.07) is 9.71. The van der Waals surface area contributed by atoms with Crippen LogP contribution in [0.5, 0.6) is 0 Å². The summed E-state index contributed by atoms with van der Waals surface area (Å²) in [5.41, 5.74) is 8.66. The molecule has 15 heavy (non-hydrogen) atoms. The van der Waals surface area contributed by atoms with Crippen LogP contribution in [-0.4, -0.2) is 4.98 Å². The molecular weight excluding hydrogens is 208 g/mol. The van der Waals surface area contributed by atoms with Crippen LogP contribution in [0.2, 0.25) is 5.02 Å². The summed E-state index contributed by atoms with van der Waals surface area (Å²) in [6.45, 7) is 0. The third kappa shape index (κ3) is 2.70. The highest BCUT2D eigenvalue weighted by Gasteiger charge is 1.97. The number of anilines is 1. The molecule has 0 saturated heterocycles. The Hall–Kier alpha value is -1.54. The minimum Gasteiger partial charge on any atom is -0.397 e. The minimum absolute atomic E-state index is 0.696. The molecule has 1 heterocycles. The lowest BCUT2D eigenvalue weighted by Crippen LogP contribution is -1.92. The van der Waals surface area contributed by atoms with Gasteiger partial charge < -0.3 is 5.73 Å². The molecule has 0 aliphatic rings. The Balaban J connectivity index is 2.18. The molecule has 0 aliphatic carbocycles. The Labute approximate surface area is 93.7 Å². The smallest absolute Gasteiger partial charge is 0.0503 e. The molecule has 3 heteroatoms. The summed E-state index contributed by atoms with van der Waals surface area (Å²) < 4.78 is 0. The fourth-order valence-corrected chi connectivity index (χ4v) is 1.57. The van der Waals surface area contributed by atoms with E-state index in [1.54, 1.807) is 6.20 Å². The topological polar surface area (TPSA) is 38.9 Å². The molecule has 1 aromatic carbocycles. The standard InChI is InChI=1S/C12H11ClN2/c13-11-3-1-9(2-4-11)5-10-6-12(14)8-15-7-10/h1-4,6-8H,5,14H2. The molecule has 0 atom stereocenters. The van der Waals surface area contributed by atoms with E-state index in [2.05, 4.69) is 4.98 Å². The molecule has 2 rings (SSSR count). The highest BCUT2D eigenvalue weighted by molar-refractivity contribution is 6.30. The third-order valence-electron chi connectivity index (χ3n) is 2.14. The number of nitrogens with zero attached hydrogens (tertiary/aromatic N) is 1. The van der Waals surface area contributed by atoms with Crippen LogP contribution >= 0.6 is 11.6 Å². The van der Waals surface area contributed by atoms with Gasteiger partial charge in [0.2, 0.25) is 0 Å². The van der Waals surface area contributed by atoms with Crippen LogP contribution < -0.4 is 5.73 Å². The zero-order valence-electron chi connectivity index (χ0n) is 8.15. The Morgan fingerprint density at radius 3 is 2.47 bits per heavy atom. The SMILES string of the molecule is Nc1cncc(Cc2ccc(Cl)cc2)c1. The van der Waals surface area contributed by atoms with Crippen molar-refractivity contribution in [2.24, 2.45) is 0 Å². The largest absolute Gasteiger partial charge is 0.397 e. The van der Waals surface area contributed by atoms with Crippen molar-refractivity contribution in [1.82, 2.24) is 4.98 Å². The van der Waals surface area contributed by atoms with Gasteiger partial charge in [0.05, 0.1) is 5.69 Å². The van der Waals surface area contributed by atoms with E-state index >= 15 is 0 Å². The normalized spacial score (nSPS) is 10.2. The number of hydrogen-bond acceptors (Lipinski definition) is 2. The molecule has 0 fully saturated rings. The molecule has 0 radical (unpaired) electrons. The predicted octanol–water partition coefficient (Wildman–Crippen LogP) is 2.91. The van der Waals surface area contributed by atoms with Crippen LogP contribution in [0.25, 0.3) is 0 Å². The Bertz CT molecular complexity index is 451. The molecule has 2 aromatic rings. The maximum atomic E-state index is 5.81. The summed E-state index contributed by atoms with van der Waals surface area (Å²) in [5.74, 6) is 0. The molecular formula is C12H11ClN2. The van der Waals surface area contributed by atoms with Gasteiger partial charge in [-0.3, -0.25) is 4.98 Å². The first kappa shape index (κ1) is 9.99. The lowest BCUT2D eigenvalue weighted by Gasteiger charge is -2.02. The zero-order chi connectivity index (χ0) is 10.7. The molecule has 2 nitrogen and oxygen atoms in total. The van der Waals surface area contributed by atoms with Crippen molar-refractivity contribution in [3.8, 4) is 0 Å². The first-order valence-electron chi connectivity index (χ1n) is 4.68. The fourth-order valence-electron chi connectivity index (χ4n) is 1.44. The minimum atomic E-state index is 0.696. The molecule has 0 bridgehead atoms. The molecule has 0 aliphatic heterocycles. The molecule has 0 spiro atoms. The van der Waals surface area contributed by atoms with E-state index in [1.807, 2.05) is 36.5 Å². The van der Waals surface area contributed by atoms with Crippen LogP contribution in [0.4, 0.5) is 5.69 Å². The van der Waals surface area contributed by atoms with E-state index in [0.717, 1.165) is 17.0 Å². The number of halogens is 1. The molecule has 0 amide bonds. The second-order valence-corrected chi connectivity index (χ2v) is 3.87. The number of aromatic nitrogens is 1. The summed E-state index contributed by atoms with van der Waals surface area (Å²) in [5, 5.41) is 0.754. The third-order valence-corrected chi connectivity index (χ3v) is 2.39. The van der Waals surface area contributed by atoms with Crippen molar-refractivity contribution in [1.29, 1.82) is 0 Å². The number of nitrogens with two attached hydrogens (primary N) is 1. The van der Waals surface area contributed by atoms with Gasteiger partial charge in [-0.05, 0) is 35.7 Å². The van der Waals surface area contributed by atoms with E-state index < -0.39 is 0 Å². The lowest BCUT2D eigenvalue weighted by molar-refractivity contribution is 1.15. The number of nitrogen functional groups attached to an aromatic ring is 1. The van der Waals surface area contributed by atoms with Crippen molar-refractivity contribution in [3.63, 3.8) is 0 Å². The van der Waals surface area contributed by atoms with Crippen molar-refractivity contribution in [3.05, 3.63) is 58.9 Å². The Kier molecular flexibility index (Phi) is 2.88. The van der Waals surface area contributed by atoms with Crippen molar-refractivity contribution in [2.45, 2.75) is 6.42 Å². The highest BCUT2D eigenvalue weighted by Crippen LogP contribution is 2.14. The summed E-state index contributed by atoms with van der Waals surface area (Å²) in [4.78, 5) is 4.05. The van der Waals surface area contributed by atoms with Gasteiger partial charge in [-0.25, -0.2) is 0 Å². The molecule has 0 unspecified atom stereocenters. The van der Waals surface area contributed by atoms with Gasteiger partial charge >= 0.3 is 0 Å². The van der Waals surface area contributed by atoms with E-state index in [4.69, 9.17) is 17.3 Å². The van der Waals surface area contributed by atoms with Gasteiger partial charge in [0.1, 0.15) is 0 Å². The van der Waals surface area contributed by atoms with E-state index in [9.17, 15) is 0 Å². The van der Waals surface area contributed by atoms with Gasteiger partial charge in [-0.1, -0.05) is 23.7 Å². The fraction of sp³-hybridized carbons (Fsp3) is 0.0833. The van der Waals surface area contributed by atoms with Crippen molar-refractivity contribution < 1.29 is 0 Å². The average molecular weight is 219 g/mol. The van der Waals surface area contributed by atoms with Crippen LogP contribution in [0, 0.1) is 0 Å². The first-order valence-corrected chi connectivity index (χ1v) is 5.06. The van der Waals surface area contributed by atoms with Gasteiger partial charge in [0.25, 0.3) is 0 Å². The summed E-state index contributed by atoms with van der Waals surface area (Å²) in [7, 11) is 0. The van der Waals surface area contributed by atoms with E-state index in [-0.39, 0.29) is 0 Å². The summed E-state index contributed by atoms with van der Waals surface area (Å²) in [6.07, 6.45) is 4.30. The number of pyridine rings is 1. The number of hydrogen-bond donors (Lipinski definition) is 1. The van der Waals surface area contributed by atoms with Gasteiger partial charge in [0, 0.05) is 17.4 Å². The van der Waals surface area contributed by atoms with Crippen LogP contribution in [0.15, 0.2) is 42.7 Å². The first-order chi connectivity index (χ1) is 7.24. The van der Waals surface area contributed by atoms with Crippen LogP contribution in [-0.2, 0) is 6.42 Å². The predicted molar refractivity (Wildman–Crippen MR) is 62.9 cm³/mol. The van der Waals surface area contributed by atoms with Crippen molar-refractivity contribution in [2.75, 3.05) is 5.73 Å². The molecule has 76 valence electrons. The maximum absolute atomic E-state index is 5.81. The van der Waals surface area contributed by atoms with Gasteiger partial charge in [-0.15, -0.1) is 0 Å². The quantitative estimate of drug-likeness (QED) is 0.842. The van der Waals surface area contributed by atoms with Gasteiger partial charge in [0.15, 0.2) is 0 Å². The number of rotatable bonds is 2. The summed E-state index contributed by atoms with van der Waals surface area (Å²) >= 11 is 5.81. The van der Waals surface area contributed by atoms with Crippen LogP contribution in [0.3, 0.4) is 0 Å². The van der Waals surface area contributed by atoms with Crippen molar-refractivity contribution >= 4 is 17.3 Å². The highest BCUT2D eigenvalue weighted by atomic mass is 35.5. The Morgan fingerprint density at radius 1 is 1.07 bits per heavy atom.